The summed E-state index contributed by atoms with van der Waals surface area (Å²) in [5.41, 5.74) is 0.687. The van der Waals surface area contributed by atoms with E-state index in [0.717, 1.165) is 38.7 Å². The van der Waals surface area contributed by atoms with Crippen LogP contribution >= 0.6 is 0 Å². The molecule has 1 N–H and O–H groups in total. The first kappa shape index (κ1) is 14.5. The molecule has 0 aromatic carbocycles. The highest BCUT2D eigenvalue weighted by atomic mass is 16.5. The van der Waals surface area contributed by atoms with Crippen molar-refractivity contribution in [1.82, 2.24) is 30.3 Å². The van der Waals surface area contributed by atoms with E-state index in [4.69, 9.17) is 4.52 Å². The third-order valence-corrected chi connectivity index (χ3v) is 4.50. The van der Waals surface area contributed by atoms with Gasteiger partial charge < -0.3 is 14.7 Å². The molecule has 2 aliphatic rings. The third kappa shape index (κ3) is 2.91. The van der Waals surface area contributed by atoms with Gasteiger partial charge in [-0.05, 0) is 26.0 Å². The molecule has 8 nitrogen and oxygen atoms in total. The first-order valence-electron chi connectivity index (χ1n) is 8.14. The van der Waals surface area contributed by atoms with Crippen molar-refractivity contribution in [1.29, 1.82) is 0 Å². The summed E-state index contributed by atoms with van der Waals surface area (Å²) >= 11 is 0. The summed E-state index contributed by atoms with van der Waals surface area (Å²) in [4.78, 5) is 17.9. The van der Waals surface area contributed by atoms with Gasteiger partial charge in [-0.1, -0.05) is 5.16 Å². The third-order valence-electron chi connectivity index (χ3n) is 4.50. The van der Waals surface area contributed by atoms with Crippen molar-refractivity contribution in [2.75, 3.05) is 44.7 Å². The van der Waals surface area contributed by atoms with Crippen molar-refractivity contribution < 1.29 is 4.52 Å². The Balaban J connectivity index is 1.57. The Morgan fingerprint density at radius 1 is 1.22 bits per heavy atom. The smallest absolute Gasteiger partial charge is 0.276 e. The van der Waals surface area contributed by atoms with Crippen LogP contribution in [0.3, 0.4) is 0 Å². The number of hydrogen-bond acceptors (Lipinski definition) is 8. The fourth-order valence-corrected chi connectivity index (χ4v) is 3.11. The van der Waals surface area contributed by atoms with E-state index in [1.807, 2.05) is 6.07 Å². The van der Waals surface area contributed by atoms with E-state index in [1.54, 1.807) is 6.20 Å². The Kier molecular flexibility index (Phi) is 3.92. The number of aromatic nitrogens is 4. The highest BCUT2D eigenvalue weighted by Gasteiger charge is 2.26. The lowest BCUT2D eigenvalue weighted by Gasteiger charge is -2.30. The van der Waals surface area contributed by atoms with Gasteiger partial charge in [-0.25, -0.2) is 9.97 Å². The minimum absolute atomic E-state index is 0.140. The van der Waals surface area contributed by atoms with Crippen LogP contribution in [0.5, 0.6) is 0 Å². The largest absolute Gasteiger partial charge is 0.341 e. The van der Waals surface area contributed by atoms with Crippen molar-refractivity contribution in [2.24, 2.45) is 0 Å². The molecule has 0 amide bonds. The maximum absolute atomic E-state index is 5.45. The molecule has 2 aromatic rings. The molecule has 0 spiro atoms. The average Bonchev–Trinajstić information content (AvgIpc) is 3.27. The van der Waals surface area contributed by atoms with Gasteiger partial charge in [0.05, 0.1) is 6.04 Å². The van der Waals surface area contributed by atoms with Gasteiger partial charge in [0.2, 0.25) is 5.95 Å². The normalized spacial score (nSPS) is 22.7. The topological polar surface area (TPSA) is 83.2 Å². The van der Waals surface area contributed by atoms with Crippen LogP contribution in [0.2, 0.25) is 0 Å². The summed E-state index contributed by atoms with van der Waals surface area (Å²) in [6, 6.07) is 1.96. The molecule has 122 valence electrons. The van der Waals surface area contributed by atoms with Crippen LogP contribution in [0.25, 0.3) is 11.6 Å². The van der Waals surface area contributed by atoms with Crippen molar-refractivity contribution in [2.45, 2.75) is 18.9 Å². The van der Waals surface area contributed by atoms with Gasteiger partial charge in [0.1, 0.15) is 5.69 Å². The lowest BCUT2D eigenvalue weighted by atomic mass is 10.2. The molecule has 2 aliphatic heterocycles. The molecule has 0 bridgehead atoms. The summed E-state index contributed by atoms with van der Waals surface area (Å²) in [6.45, 7) is 4.82. The lowest BCUT2D eigenvalue weighted by molar-refractivity contribution is 0.190. The second-order valence-electron chi connectivity index (χ2n) is 6.09. The number of piperazine rings is 1. The molecule has 2 fully saturated rings. The first-order valence-corrected chi connectivity index (χ1v) is 8.14. The quantitative estimate of drug-likeness (QED) is 0.886. The van der Waals surface area contributed by atoms with Crippen molar-refractivity contribution in [3.05, 3.63) is 18.1 Å². The average molecular weight is 315 g/mol. The predicted molar refractivity (Wildman–Crippen MR) is 85.0 cm³/mol. The summed E-state index contributed by atoms with van der Waals surface area (Å²) in [7, 11) is 2.08. The van der Waals surface area contributed by atoms with Crippen LogP contribution in [-0.2, 0) is 0 Å². The summed E-state index contributed by atoms with van der Waals surface area (Å²) in [5.74, 6) is 1.91. The molecule has 8 heteroatoms. The van der Waals surface area contributed by atoms with E-state index in [0.29, 0.717) is 17.4 Å². The van der Waals surface area contributed by atoms with Crippen molar-refractivity contribution in [3.8, 4) is 11.6 Å². The van der Waals surface area contributed by atoms with E-state index in [9.17, 15) is 0 Å². The minimum Gasteiger partial charge on any atom is -0.341 e. The van der Waals surface area contributed by atoms with Crippen LogP contribution in [0.1, 0.15) is 24.7 Å². The molecule has 0 saturated carbocycles. The van der Waals surface area contributed by atoms with Gasteiger partial charge in [-0.2, -0.15) is 4.98 Å². The van der Waals surface area contributed by atoms with E-state index in [1.165, 1.54) is 12.8 Å². The maximum Gasteiger partial charge on any atom is 0.276 e. The standard InChI is InChI=1S/C15H21N7O/c1-21-9-6-16-10-12(21)13-19-14(23-20-13)11-4-5-17-15(18-11)22-7-2-3-8-22/h4-5,12,16H,2-3,6-10H2,1H3. The fraction of sp³-hybridized carbons (Fsp3) is 0.600. The van der Waals surface area contributed by atoms with E-state index < -0.39 is 0 Å². The van der Waals surface area contributed by atoms with Crippen LogP contribution < -0.4 is 10.2 Å². The van der Waals surface area contributed by atoms with Gasteiger partial charge >= 0.3 is 0 Å². The van der Waals surface area contributed by atoms with Gasteiger partial charge in [0, 0.05) is 38.9 Å². The Labute approximate surface area is 134 Å². The summed E-state index contributed by atoms with van der Waals surface area (Å²) < 4.78 is 5.45. The maximum atomic E-state index is 5.45. The molecule has 0 radical (unpaired) electrons. The Bertz CT molecular complexity index is 667. The first-order chi connectivity index (χ1) is 11.3. The Morgan fingerprint density at radius 3 is 2.91 bits per heavy atom. The molecule has 4 rings (SSSR count). The number of nitrogens with one attached hydrogen (secondary N) is 1. The number of rotatable bonds is 3. The summed E-state index contributed by atoms with van der Waals surface area (Å²) in [6.07, 6.45) is 4.15. The highest BCUT2D eigenvalue weighted by Crippen LogP contribution is 2.23. The molecule has 2 aromatic heterocycles. The number of anilines is 1. The van der Waals surface area contributed by atoms with Crippen LogP contribution in [-0.4, -0.2) is 64.8 Å². The van der Waals surface area contributed by atoms with Crippen LogP contribution in [0.15, 0.2) is 16.8 Å². The van der Waals surface area contributed by atoms with Crippen LogP contribution in [0, 0.1) is 0 Å². The van der Waals surface area contributed by atoms with Gasteiger partial charge in [0.15, 0.2) is 5.82 Å². The zero-order valence-electron chi connectivity index (χ0n) is 13.3. The zero-order chi connectivity index (χ0) is 15.6. The molecular weight excluding hydrogens is 294 g/mol. The van der Waals surface area contributed by atoms with Crippen molar-refractivity contribution in [3.63, 3.8) is 0 Å². The second-order valence-corrected chi connectivity index (χ2v) is 6.09. The predicted octanol–water partition coefficient (Wildman–Crippen LogP) is 0.703. The Hall–Kier alpha value is -2.06. The highest BCUT2D eigenvalue weighted by molar-refractivity contribution is 5.49. The van der Waals surface area contributed by atoms with E-state index in [-0.39, 0.29) is 6.04 Å². The zero-order valence-corrected chi connectivity index (χ0v) is 13.3. The molecule has 4 heterocycles. The Morgan fingerprint density at radius 2 is 2.09 bits per heavy atom. The molecule has 1 atom stereocenters. The summed E-state index contributed by atoms with van der Waals surface area (Å²) in [5, 5.41) is 7.52. The van der Waals surface area contributed by atoms with E-state index in [2.05, 4.69) is 42.3 Å². The van der Waals surface area contributed by atoms with E-state index >= 15 is 0 Å². The lowest BCUT2D eigenvalue weighted by Crippen LogP contribution is -2.44. The van der Waals surface area contributed by atoms with Crippen LogP contribution in [0.4, 0.5) is 5.95 Å². The van der Waals surface area contributed by atoms with Crippen molar-refractivity contribution >= 4 is 5.95 Å². The monoisotopic (exact) mass is 315 g/mol. The number of likely N-dealkylation sites (N-methyl/N-ethyl adjacent to an activating group) is 1. The fourth-order valence-electron chi connectivity index (χ4n) is 3.11. The van der Waals surface area contributed by atoms with Gasteiger partial charge in [0.25, 0.3) is 5.89 Å². The minimum atomic E-state index is 0.140. The number of nitrogens with zero attached hydrogens (tertiary/aromatic N) is 6. The van der Waals surface area contributed by atoms with Gasteiger partial charge in [-0.15, -0.1) is 0 Å². The molecule has 23 heavy (non-hydrogen) atoms. The SMILES string of the molecule is CN1CCNCC1c1noc(-c2ccnc(N3CCCC3)n2)n1. The molecule has 1 unspecified atom stereocenters. The second kappa shape index (κ2) is 6.21. The molecular formula is C15H21N7O. The van der Waals surface area contributed by atoms with Gasteiger partial charge in [-0.3, -0.25) is 4.90 Å². The number of hydrogen-bond donors (Lipinski definition) is 1. The molecule has 0 aliphatic carbocycles. The molecule has 2 saturated heterocycles.